The molecule has 2 aromatic heterocycles. The van der Waals surface area contributed by atoms with Crippen LogP contribution >= 0.6 is 11.8 Å². The lowest BCUT2D eigenvalue weighted by atomic mass is 10.1. The number of aryl methyl sites for hydroxylation is 3. The number of phenols is 2. The minimum atomic E-state index is 0.276. The molecule has 5 nitrogen and oxygen atoms in total. The summed E-state index contributed by atoms with van der Waals surface area (Å²) >= 11 is 1.85. The van der Waals surface area contributed by atoms with Crippen molar-refractivity contribution in [1.29, 1.82) is 0 Å². The molecule has 2 aromatic carbocycles. The second-order valence-corrected chi connectivity index (χ2v) is 10.4. The Morgan fingerprint density at radius 3 is 2.17 bits per heavy atom. The highest BCUT2D eigenvalue weighted by Gasteiger charge is 2.16. The Kier molecular flexibility index (Phi) is 8.80. The van der Waals surface area contributed by atoms with Crippen LogP contribution in [-0.2, 0) is 13.6 Å². The molecule has 4 rings (SSSR count). The highest BCUT2D eigenvalue weighted by Crippen LogP contribution is 2.36. The standard InChI is InChI=1S/C29H37N3O2S/c1-22-26-21-25(34)15-16-27(26)32(28(22)23-11-13-24(33)14-12-23)18-9-7-5-3-4-6-8-10-20-35-29-30-17-19-31(29)2/h11-17,19,21,33-34H,3-10,18,20H2,1-2H3. The lowest BCUT2D eigenvalue weighted by Crippen LogP contribution is -2.01. The number of phenolic OH excluding ortho intramolecular Hbond substituents is 2. The van der Waals surface area contributed by atoms with Gasteiger partial charge in [-0.3, -0.25) is 0 Å². The summed E-state index contributed by atoms with van der Waals surface area (Å²) in [5.41, 5.74) is 4.60. The van der Waals surface area contributed by atoms with E-state index in [1.807, 2.05) is 55.5 Å². The zero-order chi connectivity index (χ0) is 24.6. The Bertz CT molecular complexity index is 1230. The maximum Gasteiger partial charge on any atom is 0.167 e. The summed E-state index contributed by atoms with van der Waals surface area (Å²) in [6.07, 6.45) is 14.0. The van der Waals surface area contributed by atoms with Gasteiger partial charge < -0.3 is 19.3 Å². The number of aromatic hydroxyl groups is 2. The summed E-state index contributed by atoms with van der Waals surface area (Å²) in [4.78, 5) is 4.36. The molecule has 0 aliphatic carbocycles. The van der Waals surface area contributed by atoms with Gasteiger partial charge >= 0.3 is 0 Å². The van der Waals surface area contributed by atoms with Crippen LogP contribution in [0.5, 0.6) is 11.5 Å². The van der Waals surface area contributed by atoms with E-state index in [9.17, 15) is 10.2 Å². The molecule has 0 unspecified atom stereocenters. The molecule has 6 heteroatoms. The number of benzene rings is 2. The molecule has 2 heterocycles. The minimum Gasteiger partial charge on any atom is -0.508 e. The average molecular weight is 492 g/mol. The third-order valence-electron chi connectivity index (χ3n) is 6.72. The van der Waals surface area contributed by atoms with Crippen LogP contribution in [0, 0.1) is 6.92 Å². The van der Waals surface area contributed by atoms with Crippen molar-refractivity contribution in [2.75, 3.05) is 5.75 Å². The van der Waals surface area contributed by atoms with Crippen LogP contribution in [0.3, 0.4) is 0 Å². The van der Waals surface area contributed by atoms with E-state index in [0.29, 0.717) is 5.75 Å². The van der Waals surface area contributed by atoms with Crippen LogP contribution in [0.1, 0.15) is 56.9 Å². The second kappa shape index (κ2) is 12.2. The van der Waals surface area contributed by atoms with E-state index in [-0.39, 0.29) is 5.75 Å². The van der Waals surface area contributed by atoms with Gasteiger partial charge in [-0.25, -0.2) is 4.98 Å². The molecule has 0 atom stereocenters. The number of rotatable bonds is 13. The van der Waals surface area contributed by atoms with E-state index in [1.54, 1.807) is 18.2 Å². The maximum absolute atomic E-state index is 10.0. The van der Waals surface area contributed by atoms with Crippen molar-refractivity contribution < 1.29 is 10.2 Å². The molecule has 0 saturated heterocycles. The number of thioether (sulfide) groups is 1. The number of imidazole rings is 1. The number of unbranched alkanes of at least 4 members (excludes halogenated alkanes) is 7. The third kappa shape index (κ3) is 6.43. The predicted octanol–water partition coefficient (Wildman–Crippen LogP) is 7.67. The van der Waals surface area contributed by atoms with Gasteiger partial charge in [0.2, 0.25) is 0 Å². The van der Waals surface area contributed by atoms with Gasteiger partial charge in [-0.05, 0) is 73.4 Å². The highest BCUT2D eigenvalue weighted by molar-refractivity contribution is 7.99. The molecule has 4 aromatic rings. The quantitative estimate of drug-likeness (QED) is 0.149. The number of fused-ring (bicyclic) bond motifs is 1. The van der Waals surface area contributed by atoms with Gasteiger partial charge in [0.15, 0.2) is 5.16 Å². The smallest absolute Gasteiger partial charge is 0.167 e. The molecular weight excluding hydrogens is 454 g/mol. The first-order valence-electron chi connectivity index (χ1n) is 12.8. The van der Waals surface area contributed by atoms with Gasteiger partial charge in [0.1, 0.15) is 11.5 Å². The van der Waals surface area contributed by atoms with Gasteiger partial charge in [0, 0.05) is 42.6 Å². The molecular formula is C29H37N3O2S. The Morgan fingerprint density at radius 2 is 1.49 bits per heavy atom. The molecule has 35 heavy (non-hydrogen) atoms. The molecule has 0 radical (unpaired) electrons. The Balaban J connectivity index is 1.23. The Hall–Kier alpha value is -2.86. The predicted molar refractivity (Wildman–Crippen MR) is 146 cm³/mol. The summed E-state index contributed by atoms with van der Waals surface area (Å²) in [7, 11) is 2.05. The maximum atomic E-state index is 10.0. The van der Waals surface area contributed by atoms with Crippen molar-refractivity contribution in [2.24, 2.45) is 7.05 Å². The third-order valence-corrected chi connectivity index (χ3v) is 7.87. The van der Waals surface area contributed by atoms with Gasteiger partial charge in [0.25, 0.3) is 0 Å². The SMILES string of the molecule is Cc1c(-c2ccc(O)cc2)n(CCCCCCCCCCSc2nccn2C)c2ccc(O)cc12. The zero-order valence-electron chi connectivity index (χ0n) is 20.9. The first-order valence-corrected chi connectivity index (χ1v) is 13.7. The molecule has 186 valence electrons. The molecule has 0 aliphatic rings. The molecule has 2 N–H and O–H groups in total. The van der Waals surface area contributed by atoms with Crippen LogP contribution in [0.2, 0.25) is 0 Å². The fourth-order valence-corrected chi connectivity index (χ4v) is 5.75. The fourth-order valence-electron chi connectivity index (χ4n) is 4.82. The molecule has 0 aliphatic heterocycles. The van der Waals surface area contributed by atoms with E-state index in [2.05, 4.69) is 21.0 Å². The molecule has 0 saturated carbocycles. The summed E-state index contributed by atoms with van der Waals surface area (Å²) < 4.78 is 4.47. The van der Waals surface area contributed by atoms with Crippen LogP contribution in [0.25, 0.3) is 22.2 Å². The summed E-state index contributed by atoms with van der Waals surface area (Å²) in [6, 6.07) is 13.1. The van der Waals surface area contributed by atoms with Gasteiger partial charge in [0.05, 0.1) is 5.69 Å². The van der Waals surface area contributed by atoms with Crippen molar-refractivity contribution >= 4 is 22.7 Å². The van der Waals surface area contributed by atoms with E-state index in [0.717, 1.165) is 40.3 Å². The summed E-state index contributed by atoms with van der Waals surface area (Å²) in [6.45, 7) is 3.07. The molecule has 0 fully saturated rings. The van der Waals surface area contributed by atoms with Crippen LogP contribution in [0.15, 0.2) is 60.0 Å². The molecule has 0 amide bonds. The highest BCUT2D eigenvalue weighted by atomic mass is 32.2. The van der Waals surface area contributed by atoms with Crippen LogP contribution < -0.4 is 0 Å². The monoisotopic (exact) mass is 491 g/mol. The molecule has 0 spiro atoms. The van der Waals surface area contributed by atoms with Crippen molar-refractivity contribution in [1.82, 2.24) is 14.1 Å². The topological polar surface area (TPSA) is 63.2 Å². The normalized spacial score (nSPS) is 11.5. The molecule has 0 bridgehead atoms. The number of hydrogen-bond acceptors (Lipinski definition) is 4. The number of aromatic nitrogens is 3. The number of hydrogen-bond donors (Lipinski definition) is 2. The van der Waals surface area contributed by atoms with Crippen molar-refractivity contribution in [3.63, 3.8) is 0 Å². The first kappa shape index (κ1) is 25.2. The fraction of sp³-hybridized carbons (Fsp3) is 0.414. The summed E-state index contributed by atoms with van der Waals surface area (Å²) in [5.74, 6) is 1.72. The number of nitrogens with zero attached hydrogens (tertiary/aromatic N) is 3. The van der Waals surface area contributed by atoms with E-state index in [1.165, 1.54) is 56.2 Å². The van der Waals surface area contributed by atoms with Crippen LogP contribution in [-0.4, -0.2) is 30.1 Å². The average Bonchev–Trinajstić information content (AvgIpc) is 3.38. The van der Waals surface area contributed by atoms with Crippen LogP contribution in [0.4, 0.5) is 0 Å². The summed E-state index contributed by atoms with van der Waals surface area (Å²) in [5, 5.41) is 22.0. The Morgan fingerprint density at radius 1 is 0.829 bits per heavy atom. The first-order chi connectivity index (χ1) is 17.0. The van der Waals surface area contributed by atoms with Gasteiger partial charge in [-0.1, -0.05) is 50.3 Å². The lowest BCUT2D eigenvalue weighted by molar-refractivity contribution is 0.475. The lowest BCUT2D eigenvalue weighted by Gasteiger charge is -2.12. The van der Waals surface area contributed by atoms with Gasteiger partial charge in [-0.15, -0.1) is 0 Å². The van der Waals surface area contributed by atoms with E-state index < -0.39 is 0 Å². The van der Waals surface area contributed by atoms with E-state index in [4.69, 9.17) is 0 Å². The Labute approximate surface area is 212 Å². The van der Waals surface area contributed by atoms with E-state index >= 15 is 0 Å². The van der Waals surface area contributed by atoms with Crippen molar-refractivity contribution in [2.45, 2.75) is 70.0 Å². The largest absolute Gasteiger partial charge is 0.508 e. The van der Waals surface area contributed by atoms with Crippen molar-refractivity contribution in [3.05, 3.63) is 60.4 Å². The van der Waals surface area contributed by atoms with Gasteiger partial charge in [-0.2, -0.15) is 0 Å². The second-order valence-electron chi connectivity index (χ2n) is 9.37. The van der Waals surface area contributed by atoms with Crippen molar-refractivity contribution in [3.8, 4) is 22.8 Å². The zero-order valence-corrected chi connectivity index (χ0v) is 21.7. The minimum absolute atomic E-state index is 0.276.